The first-order chi connectivity index (χ1) is 14.0. The van der Waals surface area contributed by atoms with E-state index < -0.39 is 48.9 Å². The molecule has 1 heterocycles. The van der Waals surface area contributed by atoms with Crippen LogP contribution in [0.3, 0.4) is 0 Å². The van der Waals surface area contributed by atoms with Crippen molar-refractivity contribution in [2.45, 2.75) is 57.5 Å². The van der Waals surface area contributed by atoms with E-state index in [0.717, 1.165) is 17.8 Å². The maximum atomic E-state index is 13.3. The van der Waals surface area contributed by atoms with E-state index in [-0.39, 0.29) is 19.4 Å². The largest absolute Gasteiger partial charge is 0.748 e. The second-order valence-electron chi connectivity index (χ2n) is 8.01. The molecule has 1 aromatic carbocycles. The molecule has 176 valence electrons. The standard InChI is InChI=1S/C19H26F3NO6S2/c1-14-18(2,9-3-5-11-30(24,25)26)16-8-7-15(19(20,21)22)13-17(16)23(14)10-4-6-12-31(27,28)29/h7-8,13H,3-6,9-12H2,1-2H3,(H-,24,25,26,27,28,29). The number of unbranched alkanes of at least 4 members (excludes halogenated alkanes) is 2. The van der Waals surface area contributed by atoms with Crippen molar-refractivity contribution < 1.29 is 43.7 Å². The molecule has 0 aromatic heterocycles. The van der Waals surface area contributed by atoms with Crippen molar-refractivity contribution in [3.8, 4) is 0 Å². The van der Waals surface area contributed by atoms with Crippen LogP contribution in [0.1, 0.15) is 57.1 Å². The highest BCUT2D eigenvalue weighted by molar-refractivity contribution is 7.85. The van der Waals surface area contributed by atoms with E-state index in [1.165, 1.54) is 6.07 Å². The van der Waals surface area contributed by atoms with Gasteiger partial charge in [0.25, 0.3) is 10.1 Å². The van der Waals surface area contributed by atoms with Gasteiger partial charge < -0.3 is 4.55 Å². The molecule has 2 rings (SSSR count). The van der Waals surface area contributed by atoms with E-state index in [4.69, 9.17) is 4.55 Å². The van der Waals surface area contributed by atoms with Crippen LogP contribution in [-0.4, -0.2) is 54.3 Å². The lowest BCUT2D eigenvalue weighted by molar-refractivity contribution is -0.439. The van der Waals surface area contributed by atoms with Gasteiger partial charge in [-0.25, -0.2) is 8.42 Å². The summed E-state index contributed by atoms with van der Waals surface area (Å²) in [7, 11) is -8.45. The third-order valence-corrected chi connectivity index (χ3v) is 7.36. The molecule has 31 heavy (non-hydrogen) atoms. The molecule has 1 aromatic rings. The summed E-state index contributed by atoms with van der Waals surface area (Å²) >= 11 is 0. The molecule has 0 aliphatic carbocycles. The van der Waals surface area contributed by atoms with Crippen LogP contribution in [0.2, 0.25) is 0 Å². The number of halogens is 3. The van der Waals surface area contributed by atoms with Crippen molar-refractivity contribution in [3.05, 3.63) is 29.3 Å². The fourth-order valence-electron chi connectivity index (χ4n) is 3.99. The zero-order valence-electron chi connectivity index (χ0n) is 17.3. The number of rotatable bonds is 10. The highest BCUT2D eigenvalue weighted by Gasteiger charge is 2.47. The number of alkyl halides is 3. The lowest BCUT2D eigenvalue weighted by atomic mass is 9.76. The minimum absolute atomic E-state index is 0.148. The Bertz CT molecular complexity index is 1060. The van der Waals surface area contributed by atoms with Crippen LogP contribution in [0.5, 0.6) is 0 Å². The summed E-state index contributed by atoms with van der Waals surface area (Å²) in [6.45, 7) is 3.90. The molecule has 1 aliphatic heterocycles. The summed E-state index contributed by atoms with van der Waals surface area (Å²) in [5, 5.41) is 0. The zero-order valence-corrected chi connectivity index (χ0v) is 18.9. The molecule has 1 N–H and O–H groups in total. The smallest absolute Gasteiger partial charge is 0.416 e. The summed E-state index contributed by atoms with van der Waals surface area (Å²) in [6, 6.07) is 3.49. The topological polar surface area (TPSA) is 115 Å². The third-order valence-electron chi connectivity index (χ3n) is 5.77. The molecule has 1 atom stereocenters. The maximum absolute atomic E-state index is 13.3. The Labute approximate surface area is 180 Å². The van der Waals surface area contributed by atoms with Gasteiger partial charge in [-0.15, -0.1) is 0 Å². The third kappa shape index (κ3) is 6.74. The van der Waals surface area contributed by atoms with Gasteiger partial charge in [0.15, 0.2) is 5.71 Å². The lowest BCUT2D eigenvalue weighted by Crippen LogP contribution is -2.30. The number of hydrogen-bond acceptors (Lipinski definition) is 5. The highest BCUT2D eigenvalue weighted by Crippen LogP contribution is 2.45. The first kappa shape index (κ1) is 25.8. The normalized spacial score (nSPS) is 19.7. The molecule has 1 aliphatic rings. The van der Waals surface area contributed by atoms with Gasteiger partial charge in [0.2, 0.25) is 5.69 Å². The second-order valence-corrected chi connectivity index (χ2v) is 11.1. The van der Waals surface area contributed by atoms with Gasteiger partial charge in [-0.1, -0.05) is 12.5 Å². The van der Waals surface area contributed by atoms with Gasteiger partial charge in [0, 0.05) is 30.7 Å². The number of hydrogen-bond donors (Lipinski definition) is 1. The summed E-state index contributed by atoms with van der Waals surface area (Å²) in [6.07, 6.45) is -3.06. The van der Waals surface area contributed by atoms with Crippen molar-refractivity contribution in [2.24, 2.45) is 0 Å². The molecule has 1 unspecified atom stereocenters. The van der Waals surface area contributed by atoms with Crippen molar-refractivity contribution in [3.63, 3.8) is 0 Å². The Kier molecular flexibility index (Phi) is 7.61. The summed E-state index contributed by atoms with van der Waals surface area (Å²) in [5.74, 6) is -0.933. The van der Waals surface area contributed by atoms with Gasteiger partial charge in [-0.05, 0) is 32.3 Å². The Balaban J connectivity index is 2.32. The molecule has 0 amide bonds. The van der Waals surface area contributed by atoms with Crippen LogP contribution in [0.4, 0.5) is 18.9 Å². The van der Waals surface area contributed by atoms with Crippen LogP contribution in [0, 0.1) is 0 Å². The van der Waals surface area contributed by atoms with Crippen molar-refractivity contribution in [2.75, 3.05) is 18.1 Å². The number of benzene rings is 1. The first-order valence-corrected chi connectivity index (χ1v) is 13.0. The quantitative estimate of drug-likeness (QED) is 0.308. The van der Waals surface area contributed by atoms with Crippen LogP contribution in [0.15, 0.2) is 18.2 Å². The number of fused-ring (bicyclic) bond motifs is 1. The van der Waals surface area contributed by atoms with Crippen LogP contribution in [-0.2, 0) is 31.8 Å². The zero-order chi connectivity index (χ0) is 23.7. The molecule has 0 fully saturated rings. The lowest BCUT2D eigenvalue weighted by Gasteiger charge is -2.22. The number of nitrogens with zero attached hydrogens (tertiary/aromatic N) is 1. The molecule has 12 heteroatoms. The van der Waals surface area contributed by atoms with E-state index in [9.17, 15) is 34.6 Å². The first-order valence-electron chi connectivity index (χ1n) is 9.77. The minimum atomic E-state index is -4.53. The molecule has 7 nitrogen and oxygen atoms in total. The van der Waals surface area contributed by atoms with Gasteiger partial charge in [-0.2, -0.15) is 26.2 Å². The SMILES string of the molecule is CC1=[N+](CCCCS(=O)(=O)O)c2cc(C(F)(F)F)ccc2C1(C)CCCCS(=O)(=O)[O-]. The van der Waals surface area contributed by atoms with E-state index >= 15 is 0 Å². The van der Waals surface area contributed by atoms with Gasteiger partial charge in [0.05, 0.1) is 26.8 Å². The van der Waals surface area contributed by atoms with Gasteiger partial charge in [-0.3, -0.25) is 4.55 Å². The minimum Gasteiger partial charge on any atom is -0.748 e. The van der Waals surface area contributed by atoms with E-state index in [1.54, 1.807) is 11.5 Å². The molecular formula is C19H26F3NO6S2. The summed E-state index contributed by atoms with van der Waals surface area (Å²) in [5.41, 5.74) is 0.341. The fraction of sp³-hybridized carbons (Fsp3) is 0.632. The van der Waals surface area contributed by atoms with Crippen molar-refractivity contribution >= 4 is 31.6 Å². The van der Waals surface area contributed by atoms with E-state index in [1.807, 2.05) is 6.92 Å². The highest BCUT2D eigenvalue weighted by atomic mass is 32.2. The average molecular weight is 486 g/mol. The Hall–Kier alpha value is -1.50. The Morgan fingerprint density at radius 2 is 1.68 bits per heavy atom. The van der Waals surface area contributed by atoms with Crippen LogP contribution < -0.4 is 0 Å². The average Bonchev–Trinajstić information content (AvgIpc) is 2.81. The summed E-state index contributed by atoms with van der Waals surface area (Å²) in [4.78, 5) is 0. The maximum Gasteiger partial charge on any atom is 0.416 e. The fourth-order valence-corrected chi connectivity index (χ4v) is 5.11. The predicted molar refractivity (Wildman–Crippen MR) is 108 cm³/mol. The summed E-state index contributed by atoms with van der Waals surface area (Å²) < 4.78 is 105. The van der Waals surface area contributed by atoms with E-state index in [0.29, 0.717) is 30.5 Å². The molecule has 0 radical (unpaired) electrons. The molecule has 0 saturated carbocycles. The van der Waals surface area contributed by atoms with Crippen LogP contribution in [0.25, 0.3) is 0 Å². The predicted octanol–water partition coefficient (Wildman–Crippen LogP) is 3.47. The van der Waals surface area contributed by atoms with Gasteiger partial charge in [0.1, 0.15) is 6.54 Å². The molecule has 0 spiro atoms. The Morgan fingerprint density at radius 1 is 1.06 bits per heavy atom. The Morgan fingerprint density at radius 3 is 2.23 bits per heavy atom. The van der Waals surface area contributed by atoms with Crippen molar-refractivity contribution in [1.82, 2.24) is 0 Å². The molecule has 0 bridgehead atoms. The van der Waals surface area contributed by atoms with E-state index in [2.05, 4.69) is 0 Å². The second kappa shape index (κ2) is 9.16. The van der Waals surface area contributed by atoms with Gasteiger partial charge >= 0.3 is 6.18 Å². The molecular weight excluding hydrogens is 459 g/mol. The van der Waals surface area contributed by atoms with Crippen molar-refractivity contribution in [1.29, 1.82) is 0 Å². The monoisotopic (exact) mass is 485 g/mol. The molecule has 0 saturated heterocycles. The van der Waals surface area contributed by atoms with Crippen LogP contribution >= 0.6 is 0 Å².